The zero-order valence-electron chi connectivity index (χ0n) is 23.4. The van der Waals surface area contributed by atoms with Gasteiger partial charge < -0.3 is 20.7 Å². The summed E-state index contributed by atoms with van der Waals surface area (Å²) in [5.74, 6) is -0.263. The van der Waals surface area contributed by atoms with Crippen LogP contribution in [0.3, 0.4) is 0 Å². The van der Waals surface area contributed by atoms with Crippen LogP contribution in [0.1, 0.15) is 77.1 Å². The van der Waals surface area contributed by atoms with Gasteiger partial charge in [-0.2, -0.15) is 12.6 Å². The molecule has 0 fully saturated rings. The van der Waals surface area contributed by atoms with Crippen molar-refractivity contribution in [2.24, 2.45) is 11.8 Å². The lowest BCUT2D eigenvalue weighted by Gasteiger charge is -2.23. The fraction of sp³-hybridized carbons (Fsp3) is 0.419. The van der Waals surface area contributed by atoms with E-state index in [9.17, 15) is 19.5 Å². The van der Waals surface area contributed by atoms with Crippen molar-refractivity contribution in [3.05, 3.63) is 88.5 Å². The predicted octanol–water partition coefficient (Wildman–Crippen LogP) is 4.70. The Morgan fingerprint density at radius 1 is 1.02 bits per heavy atom. The van der Waals surface area contributed by atoms with Crippen LogP contribution < -0.4 is 10.6 Å². The Labute approximate surface area is 241 Å². The molecule has 0 radical (unpaired) electrons. The number of amides is 2. The van der Waals surface area contributed by atoms with Crippen molar-refractivity contribution in [3.8, 4) is 0 Å². The van der Waals surface area contributed by atoms with E-state index in [1.165, 1.54) is 0 Å². The smallest absolute Gasteiger partial charge is 0.335 e. The fourth-order valence-corrected chi connectivity index (χ4v) is 5.08. The standard InChI is InChI=1S/C31H40N4O4S/c1-4-5-11-27-34-26(17-22-12-14-23(15-13-22)31(38)39)28(35-27)30(37)33-24(16-21-9-7-6-8-10-21)18-32-29(36)25(19-40)20(2)3/h6-10,12-15,20,24-25,40H,4-5,11,16-19H2,1-3H3,(H,32,36)(H,33,37)(H,34,35)(H,38,39)/t24-,25?/m0/s1. The summed E-state index contributed by atoms with van der Waals surface area (Å²) in [7, 11) is 0. The van der Waals surface area contributed by atoms with Gasteiger partial charge in [0.05, 0.1) is 17.3 Å². The Balaban J connectivity index is 1.82. The molecule has 3 aromatic rings. The lowest BCUT2D eigenvalue weighted by atomic mass is 9.96. The summed E-state index contributed by atoms with van der Waals surface area (Å²) in [5, 5.41) is 15.3. The summed E-state index contributed by atoms with van der Waals surface area (Å²) < 4.78 is 0. The van der Waals surface area contributed by atoms with Gasteiger partial charge in [0.25, 0.3) is 5.91 Å². The number of rotatable bonds is 15. The van der Waals surface area contributed by atoms with Crippen LogP contribution in [-0.2, 0) is 24.1 Å². The van der Waals surface area contributed by atoms with Gasteiger partial charge in [0.15, 0.2) is 0 Å². The number of thiol groups is 1. The number of carboxylic acids is 1. The van der Waals surface area contributed by atoms with Crippen LogP contribution in [0.2, 0.25) is 0 Å². The molecule has 4 N–H and O–H groups in total. The van der Waals surface area contributed by atoms with Crippen molar-refractivity contribution in [2.45, 2.75) is 58.9 Å². The Hall–Kier alpha value is -3.59. The van der Waals surface area contributed by atoms with Gasteiger partial charge in [-0.25, -0.2) is 9.78 Å². The number of imidazole rings is 1. The van der Waals surface area contributed by atoms with Crippen molar-refractivity contribution < 1.29 is 19.5 Å². The molecule has 1 aromatic heterocycles. The number of hydrogen-bond acceptors (Lipinski definition) is 5. The van der Waals surface area contributed by atoms with E-state index in [1.54, 1.807) is 24.3 Å². The second-order valence-electron chi connectivity index (χ2n) is 10.4. The van der Waals surface area contributed by atoms with Gasteiger partial charge in [0, 0.05) is 31.1 Å². The number of aromatic amines is 1. The van der Waals surface area contributed by atoms with E-state index in [1.807, 2.05) is 44.2 Å². The fourth-order valence-electron chi connectivity index (χ4n) is 4.49. The summed E-state index contributed by atoms with van der Waals surface area (Å²) in [6.07, 6.45) is 3.60. The number of hydrogen-bond donors (Lipinski definition) is 5. The Morgan fingerprint density at radius 2 is 1.73 bits per heavy atom. The van der Waals surface area contributed by atoms with Gasteiger partial charge in [0.1, 0.15) is 11.5 Å². The van der Waals surface area contributed by atoms with Crippen LogP contribution in [-0.4, -0.2) is 51.2 Å². The van der Waals surface area contributed by atoms with Gasteiger partial charge in [-0.1, -0.05) is 69.7 Å². The minimum Gasteiger partial charge on any atom is -0.478 e. The van der Waals surface area contributed by atoms with Gasteiger partial charge >= 0.3 is 5.97 Å². The zero-order chi connectivity index (χ0) is 29.1. The molecule has 3 rings (SSSR count). The second kappa shape index (κ2) is 15.3. The topological polar surface area (TPSA) is 124 Å². The zero-order valence-corrected chi connectivity index (χ0v) is 24.3. The van der Waals surface area contributed by atoms with Crippen molar-refractivity contribution >= 4 is 30.4 Å². The first-order valence-corrected chi connectivity index (χ1v) is 14.5. The molecule has 2 aromatic carbocycles. The maximum absolute atomic E-state index is 13.6. The largest absolute Gasteiger partial charge is 0.478 e. The highest BCUT2D eigenvalue weighted by atomic mass is 32.1. The van der Waals surface area contributed by atoms with E-state index in [-0.39, 0.29) is 41.8 Å². The van der Waals surface area contributed by atoms with Gasteiger partial charge in [0.2, 0.25) is 5.91 Å². The molecule has 0 aliphatic rings. The number of H-pyrrole nitrogens is 1. The number of unbranched alkanes of at least 4 members (excludes halogenated alkanes) is 1. The number of carbonyl (C=O) groups is 3. The quantitative estimate of drug-likeness (QED) is 0.171. The van der Waals surface area contributed by atoms with Crippen LogP contribution in [0.15, 0.2) is 54.6 Å². The molecule has 1 heterocycles. The summed E-state index contributed by atoms with van der Waals surface area (Å²) >= 11 is 4.35. The Kier molecular flexibility index (Phi) is 11.8. The summed E-state index contributed by atoms with van der Waals surface area (Å²) in [6, 6.07) is 16.1. The van der Waals surface area contributed by atoms with Gasteiger partial charge in [-0.05, 0) is 42.0 Å². The number of aryl methyl sites for hydroxylation is 1. The normalized spacial score (nSPS) is 12.6. The minimum absolute atomic E-state index is 0.0792. The number of nitrogens with one attached hydrogen (secondary N) is 3. The summed E-state index contributed by atoms with van der Waals surface area (Å²) in [4.78, 5) is 45.7. The number of benzene rings is 2. The van der Waals surface area contributed by atoms with Crippen LogP contribution >= 0.6 is 12.6 Å². The third-order valence-electron chi connectivity index (χ3n) is 6.91. The molecule has 0 aliphatic carbocycles. The summed E-state index contributed by atoms with van der Waals surface area (Å²) in [5.41, 5.74) is 3.10. The maximum Gasteiger partial charge on any atom is 0.335 e. The number of carbonyl (C=O) groups excluding carboxylic acids is 2. The number of aromatic carboxylic acids is 1. The molecule has 0 saturated heterocycles. The van der Waals surface area contributed by atoms with Crippen LogP contribution in [0.5, 0.6) is 0 Å². The molecule has 0 saturated carbocycles. The predicted molar refractivity (Wildman–Crippen MR) is 160 cm³/mol. The molecule has 9 heteroatoms. The first kappa shape index (κ1) is 30.9. The molecule has 0 aliphatic heterocycles. The Morgan fingerprint density at radius 3 is 2.33 bits per heavy atom. The maximum atomic E-state index is 13.6. The number of nitrogens with zero attached hydrogens (tertiary/aromatic N) is 1. The molecule has 2 amide bonds. The molecule has 214 valence electrons. The van der Waals surface area contributed by atoms with Crippen molar-refractivity contribution in [2.75, 3.05) is 12.3 Å². The highest BCUT2D eigenvalue weighted by Crippen LogP contribution is 2.17. The third-order valence-corrected chi connectivity index (χ3v) is 7.31. The van der Waals surface area contributed by atoms with E-state index < -0.39 is 5.97 Å². The Bertz CT molecular complexity index is 1260. The molecule has 8 nitrogen and oxygen atoms in total. The minimum atomic E-state index is -0.986. The van der Waals surface area contributed by atoms with Crippen LogP contribution in [0.25, 0.3) is 0 Å². The molecule has 40 heavy (non-hydrogen) atoms. The van der Waals surface area contributed by atoms with E-state index in [4.69, 9.17) is 0 Å². The van der Waals surface area contributed by atoms with Gasteiger partial charge in [-0.15, -0.1) is 0 Å². The average molecular weight is 565 g/mol. The molecule has 0 bridgehead atoms. The van der Waals surface area contributed by atoms with Crippen molar-refractivity contribution in [1.29, 1.82) is 0 Å². The average Bonchev–Trinajstić information content (AvgIpc) is 3.34. The second-order valence-corrected chi connectivity index (χ2v) is 10.8. The van der Waals surface area contributed by atoms with Crippen LogP contribution in [0.4, 0.5) is 0 Å². The third kappa shape index (κ3) is 8.98. The first-order valence-electron chi connectivity index (χ1n) is 13.8. The van der Waals surface area contributed by atoms with E-state index in [2.05, 4.69) is 40.2 Å². The first-order chi connectivity index (χ1) is 19.2. The molecular formula is C31H40N4O4S. The number of carboxylic acid groups (broad SMARTS) is 1. The number of aromatic nitrogens is 2. The summed E-state index contributed by atoms with van der Waals surface area (Å²) in [6.45, 7) is 6.36. The lowest BCUT2D eigenvalue weighted by Crippen LogP contribution is -2.47. The van der Waals surface area contributed by atoms with E-state index in [0.29, 0.717) is 30.0 Å². The van der Waals surface area contributed by atoms with E-state index >= 15 is 0 Å². The highest BCUT2D eigenvalue weighted by molar-refractivity contribution is 7.80. The van der Waals surface area contributed by atoms with Crippen LogP contribution in [0, 0.1) is 11.8 Å². The highest BCUT2D eigenvalue weighted by Gasteiger charge is 2.24. The molecular weight excluding hydrogens is 524 g/mol. The monoisotopic (exact) mass is 564 g/mol. The van der Waals surface area contributed by atoms with E-state index in [0.717, 1.165) is 36.2 Å². The van der Waals surface area contributed by atoms with Crippen molar-refractivity contribution in [1.82, 2.24) is 20.6 Å². The molecule has 2 atom stereocenters. The van der Waals surface area contributed by atoms with Gasteiger partial charge in [-0.3, -0.25) is 9.59 Å². The lowest BCUT2D eigenvalue weighted by molar-refractivity contribution is -0.125. The molecule has 1 unspecified atom stereocenters. The SMILES string of the molecule is CCCCc1nc(C(=O)N[C@H](CNC(=O)C(CS)C(C)C)Cc2ccccc2)c(Cc2ccc(C(=O)O)cc2)[nH]1. The van der Waals surface area contributed by atoms with Crippen molar-refractivity contribution in [3.63, 3.8) is 0 Å². The molecule has 0 spiro atoms.